The minimum atomic E-state index is -4.74. The van der Waals surface area contributed by atoms with Gasteiger partial charge in [0.2, 0.25) is 0 Å². The molecule has 0 aliphatic carbocycles. The first-order valence-electron chi connectivity index (χ1n) is 18.1. The summed E-state index contributed by atoms with van der Waals surface area (Å²) in [6.07, 6.45) is -6.75. The summed E-state index contributed by atoms with van der Waals surface area (Å²) >= 11 is 0. The monoisotopic (exact) mass is 785 g/mol. The molecule has 1 aliphatic rings. The molecule has 0 spiro atoms. The minimum Gasteiger partial charge on any atom is -0.467 e. The van der Waals surface area contributed by atoms with E-state index in [2.05, 4.69) is 10.3 Å². The van der Waals surface area contributed by atoms with E-state index < -0.39 is 59.3 Å². The van der Waals surface area contributed by atoms with Crippen molar-refractivity contribution in [3.05, 3.63) is 77.9 Å². The van der Waals surface area contributed by atoms with Crippen LogP contribution in [0.25, 0.3) is 11.3 Å². The quantitative estimate of drug-likeness (QED) is 0.115. The highest BCUT2D eigenvalue weighted by Crippen LogP contribution is 2.41. The number of para-hydroxylation sites is 1. The molecule has 3 aromatic rings. The molecule has 1 aliphatic heterocycles. The molecule has 56 heavy (non-hydrogen) atoms. The number of benzene rings is 2. The van der Waals surface area contributed by atoms with E-state index in [1.54, 1.807) is 48.6 Å². The van der Waals surface area contributed by atoms with Crippen molar-refractivity contribution >= 4 is 35.8 Å². The molecule has 3 amide bonds. The summed E-state index contributed by atoms with van der Waals surface area (Å²) in [5.41, 5.74) is -2.04. The van der Waals surface area contributed by atoms with Crippen molar-refractivity contribution < 1.29 is 51.3 Å². The zero-order chi connectivity index (χ0) is 41.4. The van der Waals surface area contributed by atoms with Gasteiger partial charge in [-0.25, -0.2) is 24.2 Å². The molecular weight excluding hydrogens is 735 g/mol. The summed E-state index contributed by atoms with van der Waals surface area (Å²) in [7, 11) is 2.72. The fraction of sp³-hybridized carbons (Fsp3) is 0.475. The van der Waals surface area contributed by atoms with Gasteiger partial charge in [-0.15, -0.1) is 0 Å². The second-order valence-corrected chi connectivity index (χ2v) is 15.3. The molecule has 0 bridgehead atoms. The normalized spacial score (nSPS) is 15.8. The summed E-state index contributed by atoms with van der Waals surface area (Å²) < 4.78 is 64.9. The number of hydrogen-bond donors (Lipinski definition) is 1. The molecule has 304 valence electrons. The number of alkyl halides is 3. The SMILES string of the molecule is COC(=O)[C@@H]1C[C@H](N(C(=O)OC(C)(C)C)c2cccc(-c3cccc(C(F)(F)F)c3NCCCN(C)C(=O)OCc3ccccc3)n2)CN1C(=O)OC(C)(C)C. The van der Waals surface area contributed by atoms with E-state index in [1.165, 1.54) is 52.1 Å². The van der Waals surface area contributed by atoms with E-state index >= 15 is 0 Å². The summed E-state index contributed by atoms with van der Waals surface area (Å²) in [4.78, 5) is 61.0. The van der Waals surface area contributed by atoms with Crippen LogP contribution in [0.4, 0.5) is 39.1 Å². The number of hydrogen-bond acceptors (Lipinski definition) is 10. The number of nitrogens with one attached hydrogen (secondary N) is 1. The Kier molecular flexibility index (Phi) is 13.8. The number of amides is 3. The lowest BCUT2D eigenvalue weighted by molar-refractivity contribution is -0.145. The largest absolute Gasteiger partial charge is 0.467 e. The van der Waals surface area contributed by atoms with Gasteiger partial charge in [-0.1, -0.05) is 48.5 Å². The second-order valence-electron chi connectivity index (χ2n) is 15.3. The number of pyridine rings is 1. The fourth-order valence-electron chi connectivity index (χ4n) is 5.97. The highest BCUT2D eigenvalue weighted by Gasteiger charge is 2.47. The van der Waals surface area contributed by atoms with Gasteiger partial charge in [-0.2, -0.15) is 13.2 Å². The van der Waals surface area contributed by atoms with Crippen LogP contribution in [0.3, 0.4) is 0 Å². The number of carbonyl (C=O) groups is 4. The lowest BCUT2D eigenvalue weighted by atomic mass is 10.0. The molecule has 1 aromatic heterocycles. The molecule has 2 atom stereocenters. The molecular formula is C40H50F3N5O8. The first-order valence-corrected chi connectivity index (χ1v) is 18.1. The van der Waals surface area contributed by atoms with Crippen molar-refractivity contribution in [3.8, 4) is 11.3 Å². The molecule has 13 nitrogen and oxygen atoms in total. The van der Waals surface area contributed by atoms with E-state index in [0.717, 1.165) is 11.6 Å². The second kappa shape index (κ2) is 17.9. The van der Waals surface area contributed by atoms with Crippen LogP contribution < -0.4 is 10.2 Å². The number of nitrogens with zero attached hydrogens (tertiary/aromatic N) is 4. The Balaban J connectivity index is 1.63. The molecule has 0 radical (unpaired) electrons. The third-order valence-electron chi connectivity index (χ3n) is 8.45. The van der Waals surface area contributed by atoms with E-state index in [-0.39, 0.29) is 61.8 Å². The van der Waals surface area contributed by atoms with Crippen LogP contribution in [0, 0.1) is 0 Å². The number of esters is 1. The lowest BCUT2D eigenvalue weighted by Crippen LogP contribution is -2.46. The van der Waals surface area contributed by atoms with E-state index in [0.29, 0.717) is 0 Å². The third kappa shape index (κ3) is 11.7. The van der Waals surface area contributed by atoms with Gasteiger partial charge in [0.05, 0.1) is 30.1 Å². The lowest BCUT2D eigenvalue weighted by Gasteiger charge is -2.31. The van der Waals surface area contributed by atoms with Crippen LogP contribution in [0.2, 0.25) is 0 Å². The standard InChI is InChI=1S/C40H50F3N5O8/c1-38(2,3)55-36(51)47-24-27(23-31(47)34(49)53-8)48(37(52)56-39(4,5)6)32-20-13-19-30(45-32)28-17-12-18-29(40(41,42)43)33(28)44-21-14-22-46(7)35(50)54-25-26-15-10-9-11-16-26/h9-13,15-20,27,31,44H,14,21-25H2,1-8H3/t27-,31-/m0/s1. The molecule has 1 N–H and O–H groups in total. The Labute approximate surface area is 325 Å². The van der Waals surface area contributed by atoms with Crippen molar-refractivity contribution in [1.29, 1.82) is 0 Å². The molecule has 0 unspecified atom stereocenters. The third-order valence-corrected chi connectivity index (χ3v) is 8.45. The Morgan fingerprint density at radius 3 is 2.16 bits per heavy atom. The maximum atomic E-state index is 14.4. The predicted octanol–water partition coefficient (Wildman–Crippen LogP) is 8.13. The molecule has 4 rings (SSSR count). The van der Waals surface area contributed by atoms with Crippen LogP contribution >= 0.6 is 0 Å². The van der Waals surface area contributed by atoms with Crippen LogP contribution in [-0.2, 0) is 36.5 Å². The van der Waals surface area contributed by atoms with Crippen LogP contribution in [0.1, 0.15) is 65.5 Å². The zero-order valence-electron chi connectivity index (χ0n) is 32.9. The molecule has 1 fully saturated rings. The maximum Gasteiger partial charge on any atom is 0.418 e. The van der Waals surface area contributed by atoms with Crippen molar-refractivity contribution in [2.45, 2.75) is 90.5 Å². The van der Waals surface area contributed by atoms with E-state index in [1.807, 2.05) is 30.3 Å². The maximum absolute atomic E-state index is 14.4. The molecule has 1 saturated heterocycles. The summed E-state index contributed by atoms with van der Waals surface area (Å²) in [6, 6.07) is 15.4. The smallest absolute Gasteiger partial charge is 0.418 e. The van der Waals surface area contributed by atoms with Crippen LogP contribution in [-0.4, -0.2) is 96.1 Å². The average Bonchev–Trinajstić information content (AvgIpc) is 3.55. The van der Waals surface area contributed by atoms with Crippen molar-refractivity contribution in [1.82, 2.24) is 14.8 Å². The van der Waals surface area contributed by atoms with E-state index in [4.69, 9.17) is 18.9 Å². The van der Waals surface area contributed by atoms with Crippen LogP contribution in [0.15, 0.2) is 66.7 Å². The van der Waals surface area contributed by atoms with Gasteiger partial charge in [0, 0.05) is 38.7 Å². The topological polar surface area (TPSA) is 140 Å². The molecule has 2 heterocycles. The number of methoxy groups -OCH3 is 1. The van der Waals surface area contributed by atoms with Gasteiger partial charge in [-0.05, 0) is 71.7 Å². The van der Waals surface area contributed by atoms with Crippen LogP contribution in [0.5, 0.6) is 0 Å². The number of ether oxygens (including phenoxy) is 4. The predicted molar refractivity (Wildman–Crippen MR) is 203 cm³/mol. The van der Waals surface area contributed by atoms with E-state index in [9.17, 15) is 32.3 Å². The number of aromatic nitrogens is 1. The Morgan fingerprint density at radius 1 is 0.875 bits per heavy atom. The van der Waals surface area contributed by atoms with Gasteiger partial charge in [0.1, 0.15) is 29.7 Å². The molecule has 16 heteroatoms. The first kappa shape index (κ1) is 43.2. The summed E-state index contributed by atoms with van der Waals surface area (Å²) in [5, 5.41) is 2.90. The minimum absolute atomic E-state index is 0.00964. The summed E-state index contributed by atoms with van der Waals surface area (Å²) in [5.74, 6) is -0.713. The average molecular weight is 786 g/mol. The Hall–Kier alpha value is -5.54. The number of likely N-dealkylation sites (tertiary alicyclic amines) is 1. The van der Waals surface area contributed by atoms with Gasteiger partial charge in [-0.3, -0.25) is 9.80 Å². The molecule has 0 saturated carbocycles. The van der Waals surface area contributed by atoms with Crippen molar-refractivity contribution in [2.24, 2.45) is 0 Å². The van der Waals surface area contributed by atoms with Gasteiger partial charge in [0.25, 0.3) is 0 Å². The number of anilines is 2. The van der Waals surface area contributed by atoms with Gasteiger partial charge < -0.3 is 29.2 Å². The van der Waals surface area contributed by atoms with Gasteiger partial charge in [0.15, 0.2) is 0 Å². The number of carbonyl (C=O) groups excluding carboxylic acids is 4. The number of rotatable bonds is 11. The van der Waals surface area contributed by atoms with Crippen molar-refractivity contribution in [3.63, 3.8) is 0 Å². The fourth-order valence-corrected chi connectivity index (χ4v) is 5.97. The van der Waals surface area contributed by atoms with Gasteiger partial charge >= 0.3 is 30.4 Å². The highest BCUT2D eigenvalue weighted by atomic mass is 19.4. The summed E-state index contributed by atoms with van der Waals surface area (Å²) in [6.45, 7) is 10.2. The first-order chi connectivity index (χ1) is 26.2. The Bertz CT molecular complexity index is 1850. The highest BCUT2D eigenvalue weighted by molar-refractivity contribution is 5.90. The zero-order valence-corrected chi connectivity index (χ0v) is 32.9. The number of halogens is 3. The Morgan fingerprint density at radius 2 is 1.54 bits per heavy atom. The molecule has 2 aromatic carbocycles. The van der Waals surface area contributed by atoms with Crippen molar-refractivity contribution in [2.75, 3.05) is 44.0 Å².